The Balaban J connectivity index is 1.70. The Morgan fingerprint density at radius 3 is 2.21 bits per heavy atom. The molecule has 1 fully saturated rings. The molecule has 7 nitrogen and oxygen atoms in total. The van der Waals surface area contributed by atoms with Crippen LogP contribution in [-0.2, 0) is 10.0 Å². The Bertz CT molecular complexity index is 833. The maximum absolute atomic E-state index is 14.1. The van der Waals surface area contributed by atoms with Crippen LogP contribution in [0.15, 0.2) is 35.5 Å². The van der Waals surface area contributed by atoms with Gasteiger partial charge in [-0.15, -0.1) is 0 Å². The molecule has 3 rings (SSSR count). The number of anilines is 2. The van der Waals surface area contributed by atoms with E-state index in [-0.39, 0.29) is 10.7 Å². The van der Waals surface area contributed by atoms with E-state index in [0.29, 0.717) is 37.7 Å². The van der Waals surface area contributed by atoms with Crippen LogP contribution in [0.3, 0.4) is 0 Å². The number of hydrogen-bond donors (Lipinski definition) is 1. The number of aryl methyl sites for hydroxylation is 1. The molecule has 9 heteroatoms. The molecular weight excluding hydrogens is 333 g/mol. The number of nitrogens with zero attached hydrogens (tertiary/aromatic N) is 4. The van der Waals surface area contributed by atoms with Crippen LogP contribution in [0.5, 0.6) is 0 Å². The highest BCUT2D eigenvalue weighted by Gasteiger charge is 2.22. The van der Waals surface area contributed by atoms with Crippen molar-refractivity contribution in [2.45, 2.75) is 11.8 Å². The van der Waals surface area contributed by atoms with Crippen molar-refractivity contribution in [3.8, 4) is 0 Å². The summed E-state index contributed by atoms with van der Waals surface area (Å²) in [5.74, 6) is -0.0600. The van der Waals surface area contributed by atoms with Gasteiger partial charge in [0.15, 0.2) is 11.6 Å². The van der Waals surface area contributed by atoms with Gasteiger partial charge in [0, 0.05) is 31.9 Å². The Kier molecular flexibility index (Phi) is 4.37. The quantitative estimate of drug-likeness (QED) is 0.883. The lowest BCUT2D eigenvalue weighted by atomic mass is 10.2. The van der Waals surface area contributed by atoms with Crippen molar-refractivity contribution >= 4 is 21.5 Å². The number of aromatic nitrogens is 2. The van der Waals surface area contributed by atoms with Crippen molar-refractivity contribution in [2.24, 2.45) is 5.14 Å². The molecule has 1 aromatic heterocycles. The highest BCUT2D eigenvalue weighted by Crippen LogP contribution is 2.22. The fourth-order valence-corrected chi connectivity index (χ4v) is 3.20. The van der Waals surface area contributed by atoms with E-state index in [0.717, 1.165) is 5.69 Å². The molecule has 1 aliphatic rings. The van der Waals surface area contributed by atoms with Crippen molar-refractivity contribution in [3.63, 3.8) is 0 Å². The summed E-state index contributed by atoms with van der Waals surface area (Å²) in [7, 11) is -3.69. The number of rotatable bonds is 3. The summed E-state index contributed by atoms with van der Waals surface area (Å²) in [6, 6.07) is 6.44. The first-order valence-corrected chi connectivity index (χ1v) is 9.01. The molecule has 2 N–H and O–H groups in total. The number of sulfonamides is 1. The minimum absolute atomic E-state index is 0.0865. The first-order valence-electron chi connectivity index (χ1n) is 7.46. The molecule has 0 radical (unpaired) electrons. The maximum atomic E-state index is 14.1. The van der Waals surface area contributed by atoms with Gasteiger partial charge in [-0.25, -0.2) is 27.9 Å². The second-order valence-corrected chi connectivity index (χ2v) is 7.17. The van der Waals surface area contributed by atoms with Crippen LogP contribution < -0.4 is 14.9 Å². The fraction of sp³-hybridized carbons (Fsp3) is 0.333. The van der Waals surface area contributed by atoms with Crippen molar-refractivity contribution in [1.29, 1.82) is 0 Å². The SMILES string of the molecule is Cc1ncnc(N2CCN(c3ccc(S(N)(=O)=O)cc3)CC2)c1F. The molecule has 24 heavy (non-hydrogen) atoms. The number of hydrogen-bond acceptors (Lipinski definition) is 6. The smallest absolute Gasteiger partial charge is 0.238 e. The molecule has 1 aromatic carbocycles. The van der Waals surface area contributed by atoms with Crippen molar-refractivity contribution in [3.05, 3.63) is 42.1 Å². The summed E-state index contributed by atoms with van der Waals surface area (Å²) in [6.07, 6.45) is 1.37. The van der Waals surface area contributed by atoms with E-state index >= 15 is 0 Å². The zero-order valence-corrected chi connectivity index (χ0v) is 14.0. The van der Waals surface area contributed by atoms with E-state index in [2.05, 4.69) is 14.9 Å². The lowest BCUT2D eigenvalue weighted by Gasteiger charge is -2.36. The largest absolute Gasteiger partial charge is 0.368 e. The van der Waals surface area contributed by atoms with Gasteiger partial charge in [-0.05, 0) is 31.2 Å². The molecule has 2 aromatic rings. The van der Waals surface area contributed by atoms with E-state index < -0.39 is 10.0 Å². The summed E-state index contributed by atoms with van der Waals surface area (Å²) in [5, 5.41) is 5.10. The monoisotopic (exact) mass is 351 g/mol. The third-order valence-electron chi connectivity index (χ3n) is 4.05. The molecule has 0 saturated carbocycles. The first-order chi connectivity index (χ1) is 11.4. The highest BCUT2D eigenvalue weighted by molar-refractivity contribution is 7.89. The highest BCUT2D eigenvalue weighted by atomic mass is 32.2. The normalized spacial score (nSPS) is 15.6. The number of primary sulfonamides is 1. The van der Waals surface area contributed by atoms with E-state index in [1.54, 1.807) is 19.1 Å². The zero-order valence-electron chi connectivity index (χ0n) is 13.2. The summed E-state index contributed by atoms with van der Waals surface area (Å²) < 4.78 is 36.7. The molecule has 1 aliphatic heterocycles. The maximum Gasteiger partial charge on any atom is 0.238 e. The van der Waals surface area contributed by atoms with Crippen LogP contribution in [0.4, 0.5) is 15.9 Å². The first kappa shape index (κ1) is 16.6. The van der Waals surface area contributed by atoms with Crippen molar-refractivity contribution in [1.82, 2.24) is 9.97 Å². The molecule has 0 unspecified atom stereocenters. The van der Waals surface area contributed by atoms with Gasteiger partial charge in [0.1, 0.15) is 6.33 Å². The number of piperazine rings is 1. The minimum atomic E-state index is -3.69. The van der Waals surface area contributed by atoms with Crippen molar-refractivity contribution in [2.75, 3.05) is 36.0 Å². The fourth-order valence-electron chi connectivity index (χ4n) is 2.69. The lowest BCUT2D eigenvalue weighted by molar-refractivity contribution is 0.574. The molecule has 0 bridgehead atoms. The summed E-state index contributed by atoms with van der Waals surface area (Å²) in [5.41, 5.74) is 1.24. The average molecular weight is 351 g/mol. The molecule has 0 atom stereocenters. The minimum Gasteiger partial charge on any atom is -0.368 e. The lowest BCUT2D eigenvalue weighted by Crippen LogP contribution is -2.47. The van der Waals surface area contributed by atoms with Gasteiger partial charge in [0.25, 0.3) is 0 Å². The number of halogens is 1. The molecule has 0 aliphatic carbocycles. The van der Waals surface area contributed by atoms with Gasteiger partial charge in [-0.1, -0.05) is 0 Å². The van der Waals surface area contributed by atoms with Crippen LogP contribution in [0.25, 0.3) is 0 Å². The van der Waals surface area contributed by atoms with Crippen molar-refractivity contribution < 1.29 is 12.8 Å². The van der Waals surface area contributed by atoms with E-state index in [4.69, 9.17) is 5.14 Å². The van der Waals surface area contributed by atoms with Gasteiger partial charge >= 0.3 is 0 Å². The summed E-state index contributed by atoms with van der Waals surface area (Å²) in [6.45, 7) is 4.20. The standard InChI is InChI=1S/C15H18FN5O2S/c1-11-14(16)15(19-10-18-11)21-8-6-20(7-9-21)12-2-4-13(5-3-12)24(17,22)23/h2-5,10H,6-9H2,1H3,(H2,17,22,23). The molecule has 1 saturated heterocycles. The summed E-state index contributed by atoms with van der Waals surface area (Å²) >= 11 is 0. The Morgan fingerprint density at radius 2 is 1.62 bits per heavy atom. The van der Waals surface area contributed by atoms with Crippen LogP contribution in [-0.4, -0.2) is 44.6 Å². The number of nitrogens with two attached hydrogens (primary N) is 1. The molecular formula is C15H18FN5O2S. The number of benzene rings is 1. The summed E-state index contributed by atoms with van der Waals surface area (Å²) in [4.78, 5) is 12.0. The predicted octanol–water partition coefficient (Wildman–Crippen LogP) is 0.898. The Hall–Kier alpha value is -2.26. The van der Waals surface area contributed by atoms with Crippen LogP contribution in [0, 0.1) is 12.7 Å². The van der Waals surface area contributed by atoms with E-state index in [1.807, 2.05) is 4.90 Å². The van der Waals surface area contributed by atoms with Crippen LogP contribution in [0.1, 0.15) is 5.69 Å². The molecule has 0 amide bonds. The van der Waals surface area contributed by atoms with Gasteiger partial charge in [-0.2, -0.15) is 0 Å². The van der Waals surface area contributed by atoms with Gasteiger partial charge in [0.05, 0.1) is 10.6 Å². The zero-order chi connectivity index (χ0) is 17.3. The third kappa shape index (κ3) is 3.31. The van der Waals surface area contributed by atoms with Crippen LogP contribution >= 0.6 is 0 Å². The molecule has 128 valence electrons. The van der Waals surface area contributed by atoms with Crippen LogP contribution in [0.2, 0.25) is 0 Å². The Morgan fingerprint density at radius 1 is 1.04 bits per heavy atom. The second kappa shape index (κ2) is 6.33. The third-order valence-corrected chi connectivity index (χ3v) is 4.98. The van der Waals surface area contributed by atoms with Gasteiger partial charge in [-0.3, -0.25) is 0 Å². The topological polar surface area (TPSA) is 92.4 Å². The van der Waals surface area contributed by atoms with Gasteiger partial charge < -0.3 is 9.80 Å². The molecule has 2 heterocycles. The van der Waals surface area contributed by atoms with E-state index in [1.165, 1.54) is 18.5 Å². The average Bonchev–Trinajstić information content (AvgIpc) is 2.57. The predicted molar refractivity (Wildman–Crippen MR) is 89.0 cm³/mol. The second-order valence-electron chi connectivity index (χ2n) is 5.61. The van der Waals surface area contributed by atoms with E-state index in [9.17, 15) is 12.8 Å². The Labute approximate surface area is 140 Å². The molecule has 0 spiro atoms. The van der Waals surface area contributed by atoms with Gasteiger partial charge in [0.2, 0.25) is 10.0 Å².